The van der Waals surface area contributed by atoms with E-state index in [2.05, 4.69) is 5.32 Å². The van der Waals surface area contributed by atoms with Crippen LogP contribution in [-0.4, -0.2) is 44.7 Å². The number of carboxylic acids is 1. The SMILES string of the molecule is CC(NC(=O)CCCN1C(=O)/C(=C/c2cccc(Oc3ccccc3)c2)SC1=S)C(=O)O. The standard InChI is InChI=1S/C23H22N2O5S2/c1-15(22(28)29)24-20(26)11-6-12-25-21(27)19(32-23(25)31)14-16-7-5-10-18(13-16)30-17-8-3-2-4-9-17/h2-5,7-10,13-15H,6,11-12H2,1H3,(H,24,26)(H,28,29)/b19-14-. The van der Waals surface area contributed by atoms with Gasteiger partial charge in [-0.1, -0.05) is 54.3 Å². The van der Waals surface area contributed by atoms with Crippen LogP contribution in [0, 0.1) is 0 Å². The van der Waals surface area contributed by atoms with E-state index in [1.165, 1.54) is 23.6 Å². The minimum Gasteiger partial charge on any atom is -0.480 e. The topological polar surface area (TPSA) is 95.9 Å². The van der Waals surface area contributed by atoms with Crippen molar-refractivity contribution in [3.63, 3.8) is 0 Å². The number of carbonyl (C=O) groups excluding carboxylic acids is 2. The Morgan fingerprint density at radius 1 is 1.19 bits per heavy atom. The van der Waals surface area contributed by atoms with Gasteiger partial charge in [-0.2, -0.15) is 0 Å². The van der Waals surface area contributed by atoms with Crippen LogP contribution in [0.15, 0.2) is 59.5 Å². The van der Waals surface area contributed by atoms with E-state index < -0.39 is 12.0 Å². The Labute approximate surface area is 195 Å². The Bertz CT molecular complexity index is 1060. The van der Waals surface area contributed by atoms with Gasteiger partial charge < -0.3 is 15.2 Å². The van der Waals surface area contributed by atoms with Gasteiger partial charge in [0.1, 0.15) is 21.9 Å². The molecule has 1 saturated heterocycles. The lowest BCUT2D eigenvalue weighted by Crippen LogP contribution is -2.38. The van der Waals surface area contributed by atoms with E-state index in [-0.39, 0.29) is 24.8 Å². The van der Waals surface area contributed by atoms with Crippen LogP contribution in [0.5, 0.6) is 11.5 Å². The molecule has 7 nitrogen and oxygen atoms in total. The molecule has 0 spiro atoms. The van der Waals surface area contributed by atoms with Gasteiger partial charge in [0.05, 0.1) is 4.91 Å². The summed E-state index contributed by atoms with van der Waals surface area (Å²) in [5, 5.41) is 11.2. The summed E-state index contributed by atoms with van der Waals surface area (Å²) in [5.41, 5.74) is 0.806. The predicted molar refractivity (Wildman–Crippen MR) is 127 cm³/mol. The fourth-order valence-corrected chi connectivity index (χ4v) is 4.22. The molecule has 0 aliphatic carbocycles. The fourth-order valence-electron chi connectivity index (χ4n) is 2.91. The van der Waals surface area contributed by atoms with Gasteiger partial charge in [-0.25, -0.2) is 0 Å². The Hall–Kier alpha value is -3.17. The normalized spacial score (nSPS) is 15.7. The van der Waals surface area contributed by atoms with Gasteiger partial charge in [0.2, 0.25) is 5.91 Å². The molecule has 0 bridgehead atoms. The van der Waals surface area contributed by atoms with Crippen LogP contribution in [-0.2, 0) is 14.4 Å². The van der Waals surface area contributed by atoms with Crippen molar-refractivity contribution in [1.29, 1.82) is 0 Å². The number of para-hydroxylation sites is 1. The van der Waals surface area contributed by atoms with Crippen molar-refractivity contribution in [2.45, 2.75) is 25.8 Å². The number of rotatable bonds is 9. The van der Waals surface area contributed by atoms with E-state index >= 15 is 0 Å². The first-order valence-electron chi connectivity index (χ1n) is 9.94. The molecule has 0 aromatic heterocycles. The van der Waals surface area contributed by atoms with Gasteiger partial charge in [0.25, 0.3) is 5.91 Å². The number of benzene rings is 2. The van der Waals surface area contributed by atoms with Crippen molar-refractivity contribution in [3.8, 4) is 11.5 Å². The molecule has 3 rings (SSSR count). The second-order valence-corrected chi connectivity index (χ2v) is 8.73. The number of thiocarbonyl (C=S) groups is 1. The maximum atomic E-state index is 12.8. The van der Waals surface area contributed by atoms with Crippen LogP contribution in [0.3, 0.4) is 0 Å². The number of thioether (sulfide) groups is 1. The van der Waals surface area contributed by atoms with Crippen LogP contribution >= 0.6 is 24.0 Å². The van der Waals surface area contributed by atoms with E-state index in [1.54, 1.807) is 6.08 Å². The Kier molecular flexibility index (Phi) is 8.02. The summed E-state index contributed by atoms with van der Waals surface area (Å²) < 4.78 is 6.27. The van der Waals surface area contributed by atoms with Crippen molar-refractivity contribution < 1.29 is 24.2 Å². The van der Waals surface area contributed by atoms with Crippen LogP contribution in [0.2, 0.25) is 0 Å². The zero-order chi connectivity index (χ0) is 23.1. The number of carboxylic acid groups (broad SMARTS) is 1. The summed E-state index contributed by atoms with van der Waals surface area (Å²) in [4.78, 5) is 37.4. The third-order valence-electron chi connectivity index (χ3n) is 4.54. The number of ether oxygens (including phenoxy) is 1. The summed E-state index contributed by atoms with van der Waals surface area (Å²) in [5.74, 6) is -0.316. The number of amides is 2. The fraction of sp³-hybridized carbons (Fsp3) is 0.217. The molecular formula is C23H22N2O5S2. The molecule has 2 aromatic rings. The van der Waals surface area contributed by atoms with Crippen LogP contribution in [0.25, 0.3) is 6.08 Å². The summed E-state index contributed by atoms with van der Waals surface area (Å²) >= 11 is 6.54. The van der Waals surface area contributed by atoms with Crippen molar-refractivity contribution in [2.75, 3.05) is 6.54 Å². The van der Waals surface area contributed by atoms with E-state index in [9.17, 15) is 14.4 Å². The third kappa shape index (κ3) is 6.41. The number of carbonyl (C=O) groups is 3. The highest BCUT2D eigenvalue weighted by atomic mass is 32.2. The first kappa shape index (κ1) is 23.5. The molecule has 166 valence electrons. The average molecular weight is 471 g/mol. The van der Waals surface area contributed by atoms with E-state index in [1.807, 2.05) is 54.6 Å². The minimum absolute atomic E-state index is 0.104. The Morgan fingerprint density at radius 2 is 1.91 bits per heavy atom. The Balaban J connectivity index is 1.59. The van der Waals surface area contributed by atoms with Gasteiger partial charge in [-0.05, 0) is 49.2 Å². The number of hydrogen-bond donors (Lipinski definition) is 2. The molecule has 1 heterocycles. The number of aliphatic carboxylic acids is 1. The van der Waals surface area contributed by atoms with Crippen molar-refractivity contribution >= 4 is 52.2 Å². The van der Waals surface area contributed by atoms with Crippen LogP contribution < -0.4 is 10.1 Å². The molecule has 2 N–H and O–H groups in total. The lowest BCUT2D eigenvalue weighted by atomic mass is 10.2. The summed E-state index contributed by atoms with van der Waals surface area (Å²) in [6.45, 7) is 1.68. The quantitative estimate of drug-likeness (QED) is 0.422. The minimum atomic E-state index is -1.10. The van der Waals surface area contributed by atoms with Gasteiger partial charge >= 0.3 is 5.97 Å². The molecule has 0 saturated carbocycles. The summed E-state index contributed by atoms with van der Waals surface area (Å²) in [6.07, 6.45) is 2.24. The summed E-state index contributed by atoms with van der Waals surface area (Å²) in [6, 6.07) is 15.9. The smallest absolute Gasteiger partial charge is 0.325 e. The largest absolute Gasteiger partial charge is 0.480 e. The maximum absolute atomic E-state index is 12.8. The highest BCUT2D eigenvalue weighted by molar-refractivity contribution is 8.26. The van der Waals surface area contributed by atoms with Gasteiger partial charge in [0.15, 0.2) is 0 Å². The Morgan fingerprint density at radius 3 is 2.62 bits per heavy atom. The summed E-state index contributed by atoms with van der Waals surface area (Å²) in [7, 11) is 0. The molecular weight excluding hydrogens is 448 g/mol. The second kappa shape index (κ2) is 10.9. The third-order valence-corrected chi connectivity index (χ3v) is 5.92. The molecule has 0 radical (unpaired) electrons. The molecule has 2 amide bonds. The number of hydrogen-bond acceptors (Lipinski definition) is 6. The lowest BCUT2D eigenvalue weighted by Gasteiger charge is -2.14. The molecule has 1 aliphatic heterocycles. The number of nitrogens with zero attached hydrogens (tertiary/aromatic N) is 1. The monoisotopic (exact) mass is 470 g/mol. The van der Waals surface area contributed by atoms with Gasteiger partial charge in [-0.15, -0.1) is 0 Å². The molecule has 1 aliphatic rings. The van der Waals surface area contributed by atoms with E-state index in [4.69, 9.17) is 22.1 Å². The predicted octanol–water partition coefficient (Wildman–Crippen LogP) is 4.05. The molecule has 1 atom stereocenters. The highest BCUT2D eigenvalue weighted by Gasteiger charge is 2.31. The van der Waals surface area contributed by atoms with E-state index in [0.29, 0.717) is 21.4 Å². The zero-order valence-electron chi connectivity index (χ0n) is 17.3. The zero-order valence-corrected chi connectivity index (χ0v) is 18.9. The van der Waals surface area contributed by atoms with Gasteiger partial charge in [0, 0.05) is 13.0 Å². The molecule has 9 heteroatoms. The highest BCUT2D eigenvalue weighted by Crippen LogP contribution is 2.33. The average Bonchev–Trinajstić information content (AvgIpc) is 3.02. The number of nitrogens with one attached hydrogen (secondary N) is 1. The molecule has 1 fully saturated rings. The molecule has 2 aromatic carbocycles. The lowest BCUT2D eigenvalue weighted by molar-refractivity contribution is -0.141. The van der Waals surface area contributed by atoms with Crippen LogP contribution in [0.1, 0.15) is 25.3 Å². The van der Waals surface area contributed by atoms with Gasteiger partial charge in [-0.3, -0.25) is 19.3 Å². The van der Waals surface area contributed by atoms with E-state index in [0.717, 1.165) is 11.3 Å². The first-order valence-corrected chi connectivity index (χ1v) is 11.2. The maximum Gasteiger partial charge on any atom is 0.325 e. The van der Waals surface area contributed by atoms with Crippen molar-refractivity contribution in [2.24, 2.45) is 0 Å². The van der Waals surface area contributed by atoms with Crippen LogP contribution in [0.4, 0.5) is 0 Å². The van der Waals surface area contributed by atoms with Crippen molar-refractivity contribution in [1.82, 2.24) is 10.2 Å². The molecule has 32 heavy (non-hydrogen) atoms. The van der Waals surface area contributed by atoms with Crippen molar-refractivity contribution in [3.05, 3.63) is 65.1 Å². The second-order valence-electron chi connectivity index (χ2n) is 7.05. The first-order chi connectivity index (χ1) is 15.3. The molecule has 1 unspecified atom stereocenters.